The van der Waals surface area contributed by atoms with E-state index in [0.717, 1.165) is 0 Å². The van der Waals surface area contributed by atoms with E-state index in [9.17, 15) is 14.8 Å². The number of benzene rings is 1. The molecule has 0 unspecified atom stereocenters. The minimum Gasteiger partial charge on any atom is -0.425 e. The number of pyridine rings is 1. The number of carbonyl (C=O) groups is 1. The Labute approximate surface area is 91.7 Å². The van der Waals surface area contributed by atoms with Gasteiger partial charge in [0.05, 0.1) is 11.3 Å². The highest BCUT2D eigenvalue weighted by Gasteiger charge is 2.15. The molecular formula is C12H11NO3. The number of aryl methyl sites for hydroxylation is 1. The number of hydrogen-bond donors (Lipinski definition) is 1. The van der Waals surface area contributed by atoms with Gasteiger partial charge in [-0.2, -0.15) is 4.73 Å². The summed E-state index contributed by atoms with van der Waals surface area (Å²) >= 11 is 0. The number of ketones is 1. The van der Waals surface area contributed by atoms with Crippen molar-refractivity contribution in [2.75, 3.05) is 0 Å². The highest BCUT2D eigenvalue weighted by molar-refractivity contribution is 6.07. The van der Waals surface area contributed by atoms with Gasteiger partial charge in [0, 0.05) is 5.39 Å². The lowest BCUT2D eigenvalue weighted by molar-refractivity contribution is 0.101. The molecule has 0 bridgehead atoms. The Kier molecular flexibility index (Phi) is 2.27. The van der Waals surface area contributed by atoms with Crippen LogP contribution in [0.15, 0.2) is 29.1 Å². The number of Topliss-reactive ketones (excluding diaryl/α,β-unsaturated/α-hetero) is 1. The molecule has 4 heteroatoms. The second-order valence-electron chi connectivity index (χ2n) is 3.68. The minimum absolute atomic E-state index is 0.0312. The Balaban J connectivity index is 3.10. The first-order chi connectivity index (χ1) is 7.54. The van der Waals surface area contributed by atoms with Gasteiger partial charge in [-0.15, -0.1) is 0 Å². The summed E-state index contributed by atoms with van der Waals surface area (Å²) in [5, 5.41) is 10.9. The maximum Gasteiger partial charge on any atom is 0.294 e. The number of hydrogen-bond acceptors (Lipinski definition) is 3. The molecule has 2 aromatic rings. The molecule has 0 spiro atoms. The topological polar surface area (TPSA) is 59.3 Å². The molecule has 16 heavy (non-hydrogen) atoms. The molecule has 0 saturated carbocycles. The van der Waals surface area contributed by atoms with Crippen LogP contribution in [0.4, 0.5) is 0 Å². The molecule has 0 aliphatic rings. The van der Waals surface area contributed by atoms with E-state index < -0.39 is 5.56 Å². The van der Waals surface area contributed by atoms with E-state index in [4.69, 9.17) is 0 Å². The van der Waals surface area contributed by atoms with Crippen LogP contribution in [0.2, 0.25) is 0 Å². The molecule has 4 nitrogen and oxygen atoms in total. The summed E-state index contributed by atoms with van der Waals surface area (Å²) in [6.07, 6.45) is 0. The highest BCUT2D eigenvalue weighted by Crippen LogP contribution is 2.19. The van der Waals surface area contributed by atoms with Crippen molar-refractivity contribution in [3.63, 3.8) is 0 Å². The van der Waals surface area contributed by atoms with Crippen molar-refractivity contribution in [3.05, 3.63) is 45.9 Å². The first kappa shape index (κ1) is 10.4. The van der Waals surface area contributed by atoms with E-state index in [2.05, 4.69) is 0 Å². The van der Waals surface area contributed by atoms with Crippen molar-refractivity contribution < 1.29 is 10.0 Å². The molecule has 1 N–H and O–H groups in total. The zero-order valence-corrected chi connectivity index (χ0v) is 9.02. The zero-order chi connectivity index (χ0) is 11.9. The average molecular weight is 217 g/mol. The van der Waals surface area contributed by atoms with Crippen molar-refractivity contribution >= 4 is 16.6 Å². The van der Waals surface area contributed by atoms with Crippen molar-refractivity contribution in [2.24, 2.45) is 0 Å². The lowest BCUT2D eigenvalue weighted by Gasteiger charge is -2.09. The maximum absolute atomic E-state index is 11.7. The van der Waals surface area contributed by atoms with Crippen molar-refractivity contribution in [1.29, 1.82) is 0 Å². The molecule has 1 heterocycles. The fourth-order valence-corrected chi connectivity index (χ4v) is 1.84. The van der Waals surface area contributed by atoms with Crippen LogP contribution in [-0.2, 0) is 0 Å². The van der Waals surface area contributed by atoms with Gasteiger partial charge in [0.25, 0.3) is 5.56 Å². The van der Waals surface area contributed by atoms with Gasteiger partial charge < -0.3 is 5.21 Å². The molecule has 0 fully saturated rings. The Bertz CT molecular complexity index is 640. The van der Waals surface area contributed by atoms with E-state index in [-0.39, 0.29) is 11.3 Å². The highest BCUT2D eigenvalue weighted by atomic mass is 16.5. The summed E-state index contributed by atoms with van der Waals surface area (Å²) in [7, 11) is 0. The third-order valence-electron chi connectivity index (χ3n) is 2.66. The lowest BCUT2D eigenvalue weighted by Crippen LogP contribution is -2.26. The van der Waals surface area contributed by atoms with Gasteiger partial charge in [0.15, 0.2) is 5.78 Å². The van der Waals surface area contributed by atoms with E-state index in [0.29, 0.717) is 21.2 Å². The number of rotatable bonds is 1. The summed E-state index contributed by atoms with van der Waals surface area (Å²) in [6.45, 7) is 2.95. The lowest BCUT2D eigenvalue weighted by atomic mass is 10.0. The number of fused-ring (bicyclic) bond motifs is 1. The Hall–Kier alpha value is -2.10. The second-order valence-corrected chi connectivity index (χ2v) is 3.68. The van der Waals surface area contributed by atoms with Gasteiger partial charge >= 0.3 is 0 Å². The molecule has 0 amide bonds. The van der Waals surface area contributed by atoms with E-state index >= 15 is 0 Å². The third kappa shape index (κ3) is 1.31. The summed E-state index contributed by atoms with van der Waals surface area (Å²) in [6, 6.07) is 7.03. The van der Waals surface area contributed by atoms with Crippen LogP contribution in [0.3, 0.4) is 0 Å². The molecule has 1 aromatic carbocycles. The second kappa shape index (κ2) is 3.48. The molecule has 2 rings (SSSR count). The minimum atomic E-state index is -0.663. The summed E-state index contributed by atoms with van der Waals surface area (Å²) in [4.78, 5) is 23.2. The molecule has 82 valence electrons. The fourth-order valence-electron chi connectivity index (χ4n) is 1.84. The molecule has 0 atom stereocenters. The number of nitrogens with zero attached hydrogens (tertiary/aromatic N) is 1. The quantitative estimate of drug-likeness (QED) is 0.584. The molecule has 0 saturated heterocycles. The monoisotopic (exact) mass is 217 g/mol. The Morgan fingerprint density at radius 2 is 1.81 bits per heavy atom. The van der Waals surface area contributed by atoms with E-state index in [1.807, 2.05) is 0 Å². The Morgan fingerprint density at radius 1 is 1.25 bits per heavy atom. The first-order valence-electron chi connectivity index (χ1n) is 4.88. The number of carbonyl (C=O) groups excluding carboxylic acids is 1. The smallest absolute Gasteiger partial charge is 0.294 e. The molecule has 1 aromatic heterocycles. The zero-order valence-electron chi connectivity index (χ0n) is 9.02. The molecule has 0 radical (unpaired) electrons. The van der Waals surface area contributed by atoms with Crippen LogP contribution >= 0.6 is 0 Å². The van der Waals surface area contributed by atoms with Gasteiger partial charge in [0.1, 0.15) is 0 Å². The van der Waals surface area contributed by atoms with Gasteiger partial charge in [-0.3, -0.25) is 9.59 Å². The third-order valence-corrected chi connectivity index (χ3v) is 2.66. The van der Waals surface area contributed by atoms with Gasteiger partial charge in [-0.1, -0.05) is 24.3 Å². The SMILES string of the molecule is CC(=O)c1c(=O)n(O)c(C)c2ccccc12. The van der Waals surface area contributed by atoms with Crippen molar-refractivity contribution in [3.8, 4) is 0 Å². The Morgan fingerprint density at radius 3 is 2.38 bits per heavy atom. The summed E-state index contributed by atoms with van der Waals surface area (Å²) in [5.74, 6) is -0.344. The van der Waals surface area contributed by atoms with Crippen LogP contribution in [0, 0.1) is 6.92 Å². The van der Waals surface area contributed by atoms with E-state index in [1.54, 1.807) is 31.2 Å². The van der Waals surface area contributed by atoms with Crippen LogP contribution in [-0.4, -0.2) is 15.7 Å². The number of aromatic nitrogens is 1. The van der Waals surface area contributed by atoms with Crippen molar-refractivity contribution in [1.82, 2.24) is 4.73 Å². The largest absolute Gasteiger partial charge is 0.425 e. The van der Waals surface area contributed by atoms with Crippen molar-refractivity contribution in [2.45, 2.75) is 13.8 Å². The van der Waals surface area contributed by atoms with Gasteiger partial charge in [-0.05, 0) is 19.2 Å². The maximum atomic E-state index is 11.7. The van der Waals surface area contributed by atoms with Gasteiger partial charge in [-0.25, -0.2) is 0 Å². The molecule has 0 aliphatic heterocycles. The summed E-state index contributed by atoms with van der Waals surface area (Å²) < 4.78 is 0.527. The van der Waals surface area contributed by atoms with Crippen LogP contribution in [0.1, 0.15) is 23.0 Å². The normalized spacial score (nSPS) is 10.6. The van der Waals surface area contributed by atoms with Gasteiger partial charge in [0.2, 0.25) is 0 Å². The predicted molar refractivity (Wildman–Crippen MR) is 60.1 cm³/mol. The average Bonchev–Trinajstić information content (AvgIpc) is 2.26. The van der Waals surface area contributed by atoms with Crippen LogP contribution in [0.5, 0.6) is 0 Å². The molecule has 0 aliphatic carbocycles. The predicted octanol–water partition coefficient (Wildman–Crippen LogP) is 1.75. The van der Waals surface area contributed by atoms with Crippen LogP contribution < -0.4 is 5.56 Å². The first-order valence-corrected chi connectivity index (χ1v) is 4.88. The van der Waals surface area contributed by atoms with E-state index in [1.165, 1.54) is 6.92 Å². The fraction of sp³-hybridized carbons (Fsp3) is 0.167. The standard InChI is InChI=1S/C12H11NO3/c1-7-9-5-3-4-6-10(9)11(8(2)14)12(15)13(7)16/h3-6,16H,1-2H3. The summed E-state index contributed by atoms with van der Waals surface area (Å²) in [5.41, 5.74) is -0.196. The van der Waals surface area contributed by atoms with Crippen LogP contribution in [0.25, 0.3) is 10.8 Å². The molecular weight excluding hydrogens is 206 g/mol.